The van der Waals surface area contributed by atoms with E-state index < -0.39 is 17.4 Å². The summed E-state index contributed by atoms with van der Waals surface area (Å²) < 4.78 is 16.2. The summed E-state index contributed by atoms with van der Waals surface area (Å²) in [5.74, 6) is 1.28. The lowest BCUT2D eigenvalue weighted by Crippen LogP contribution is -2.56. The number of nitrogens with zero attached hydrogens (tertiary/aromatic N) is 1. The van der Waals surface area contributed by atoms with Crippen LogP contribution in [0, 0.1) is 0 Å². The summed E-state index contributed by atoms with van der Waals surface area (Å²) in [7, 11) is 3.17. The van der Waals surface area contributed by atoms with Crippen LogP contribution in [-0.2, 0) is 17.6 Å². The van der Waals surface area contributed by atoms with Gasteiger partial charge in [0, 0.05) is 13.0 Å². The van der Waals surface area contributed by atoms with E-state index in [2.05, 4.69) is 0 Å². The molecular formula is C22H27NO5. The summed E-state index contributed by atoms with van der Waals surface area (Å²) in [6.45, 7) is 3.73. The molecule has 3 rings (SSSR count). The molecule has 1 aliphatic heterocycles. The Labute approximate surface area is 165 Å². The Morgan fingerprint density at radius 2 is 1.68 bits per heavy atom. The summed E-state index contributed by atoms with van der Waals surface area (Å²) in [6.07, 6.45) is 0.468. The van der Waals surface area contributed by atoms with E-state index in [1.54, 1.807) is 28.1 Å². The van der Waals surface area contributed by atoms with Gasteiger partial charge in [0.2, 0.25) is 0 Å². The zero-order valence-electron chi connectivity index (χ0n) is 16.8. The third-order valence-corrected chi connectivity index (χ3v) is 5.52. The molecule has 0 saturated carbocycles. The quantitative estimate of drug-likeness (QED) is 0.791. The lowest BCUT2D eigenvalue weighted by molar-refractivity contribution is -0.135. The Morgan fingerprint density at radius 1 is 1.00 bits per heavy atom. The highest BCUT2D eigenvalue weighted by Gasteiger charge is 2.58. The van der Waals surface area contributed by atoms with Gasteiger partial charge in [-0.3, -0.25) is 4.90 Å². The minimum absolute atomic E-state index is 0.325. The predicted molar refractivity (Wildman–Crippen MR) is 106 cm³/mol. The van der Waals surface area contributed by atoms with Crippen LogP contribution in [0.2, 0.25) is 0 Å². The third kappa shape index (κ3) is 3.64. The lowest BCUT2D eigenvalue weighted by Gasteiger charge is -2.37. The van der Waals surface area contributed by atoms with Gasteiger partial charge in [-0.15, -0.1) is 0 Å². The maximum atomic E-state index is 12.5. The Kier molecular flexibility index (Phi) is 5.52. The molecule has 2 atom stereocenters. The summed E-state index contributed by atoms with van der Waals surface area (Å²) in [5, 5.41) is 11.2. The molecule has 1 N–H and O–H groups in total. The standard InChI is InChI=1S/C22H27NO5/c1-21(15-17-8-6-5-7-9-17)22(2,25)23(20(24)28-21)13-12-16-10-11-18(26-3)19(14-16)27-4/h5-11,14,25H,12-13,15H2,1-4H3/t21-,22-/m1/s1. The second-order valence-electron chi connectivity index (χ2n) is 7.37. The first kappa shape index (κ1) is 20.0. The SMILES string of the molecule is COc1ccc(CCN2C(=O)O[C@](C)(Cc3ccccc3)[C@@]2(C)O)cc1OC. The molecule has 6 nitrogen and oxygen atoms in total. The van der Waals surface area contributed by atoms with Crippen molar-refractivity contribution in [3.63, 3.8) is 0 Å². The van der Waals surface area contributed by atoms with Gasteiger partial charge in [0.15, 0.2) is 22.8 Å². The van der Waals surface area contributed by atoms with E-state index in [1.165, 1.54) is 4.90 Å². The van der Waals surface area contributed by atoms with Gasteiger partial charge < -0.3 is 19.3 Å². The molecule has 1 saturated heterocycles. The van der Waals surface area contributed by atoms with Gasteiger partial charge in [-0.1, -0.05) is 36.4 Å². The summed E-state index contributed by atoms with van der Waals surface area (Å²) in [5.41, 5.74) is -0.503. The fourth-order valence-electron chi connectivity index (χ4n) is 3.58. The number of carbonyl (C=O) groups excluding carboxylic acids is 1. The first-order chi connectivity index (χ1) is 13.3. The number of ether oxygens (including phenoxy) is 3. The van der Waals surface area contributed by atoms with Crippen molar-refractivity contribution in [3.8, 4) is 11.5 Å². The van der Waals surface area contributed by atoms with E-state index in [-0.39, 0.29) is 0 Å². The van der Waals surface area contributed by atoms with Crippen LogP contribution < -0.4 is 9.47 Å². The molecule has 0 spiro atoms. The number of hydrogen-bond donors (Lipinski definition) is 1. The van der Waals surface area contributed by atoms with Gasteiger partial charge in [0.05, 0.1) is 14.2 Å². The molecule has 150 valence electrons. The molecule has 0 bridgehead atoms. The number of benzene rings is 2. The van der Waals surface area contributed by atoms with Crippen molar-refractivity contribution in [2.45, 2.75) is 38.0 Å². The number of hydrogen-bond acceptors (Lipinski definition) is 5. The van der Waals surface area contributed by atoms with Crippen molar-refractivity contribution in [2.75, 3.05) is 20.8 Å². The van der Waals surface area contributed by atoms with Crippen LogP contribution >= 0.6 is 0 Å². The molecule has 2 aromatic carbocycles. The number of amides is 1. The molecule has 1 heterocycles. The van der Waals surface area contributed by atoms with Gasteiger partial charge in [-0.05, 0) is 43.5 Å². The Morgan fingerprint density at radius 3 is 2.32 bits per heavy atom. The number of rotatable bonds is 7. The monoisotopic (exact) mass is 385 g/mol. The first-order valence-corrected chi connectivity index (χ1v) is 9.28. The molecule has 0 unspecified atom stereocenters. The zero-order chi connectivity index (χ0) is 20.4. The van der Waals surface area contributed by atoms with Crippen molar-refractivity contribution in [3.05, 3.63) is 59.7 Å². The molecule has 28 heavy (non-hydrogen) atoms. The Hall–Kier alpha value is -2.73. The van der Waals surface area contributed by atoms with E-state index in [1.807, 2.05) is 48.5 Å². The maximum Gasteiger partial charge on any atom is 0.412 e. The average Bonchev–Trinajstić information content (AvgIpc) is 2.84. The van der Waals surface area contributed by atoms with Crippen molar-refractivity contribution in [1.29, 1.82) is 0 Å². The number of carbonyl (C=O) groups is 1. The molecule has 0 radical (unpaired) electrons. The summed E-state index contributed by atoms with van der Waals surface area (Å²) in [4.78, 5) is 13.9. The lowest BCUT2D eigenvalue weighted by atomic mass is 9.86. The highest BCUT2D eigenvalue weighted by Crippen LogP contribution is 2.40. The topological polar surface area (TPSA) is 68.2 Å². The average molecular weight is 385 g/mol. The van der Waals surface area contributed by atoms with Crippen LogP contribution in [0.25, 0.3) is 0 Å². The fraction of sp³-hybridized carbons (Fsp3) is 0.409. The van der Waals surface area contributed by atoms with Crippen molar-refractivity contribution < 1.29 is 24.1 Å². The highest BCUT2D eigenvalue weighted by molar-refractivity contribution is 5.72. The van der Waals surface area contributed by atoms with Crippen LogP contribution in [0.15, 0.2) is 48.5 Å². The zero-order valence-corrected chi connectivity index (χ0v) is 16.8. The van der Waals surface area contributed by atoms with E-state index in [9.17, 15) is 9.90 Å². The molecule has 1 fully saturated rings. The van der Waals surface area contributed by atoms with Crippen molar-refractivity contribution >= 4 is 6.09 Å². The van der Waals surface area contributed by atoms with E-state index in [0.29, 0.717) is 30.9 Å². The minimum atomic E-state index is -1.43. The molecule has 2 aromatic rings. The van der Waals surface area contributed by atoms with Crippen molar-refractivity contribution in [2.24, 2.45) is 0 Å². The molecular weight excluding hydrogens is 358 g/mol. The summed E-state index contributed by atoms with van der Waals surface area (Å²) >= 11 is 0. The number of methoxy groups -OCH3 is 2. The van der Waals surface area contributed by atoms with Gasteiger partial charge in [0.25, 0.3) is 0 Å². The smallest absolute Gasteiger partial charge is 0.412 e. The van der Waals surface area contributed by atoms with Crippen LogP contribution in [-0.4, -0.2) is 48.2 Å². The van der Waals surface area contributed by atoms with Gasteiger partial charge in [-0.25, -0.2) is 4.79 Å². The number of aliphatic hydroxyl groups is 1. The Balaban J connectivity index is 1.75. The van der Waals surface area contributed by atoms with E-state index in [4.69, 9.17) is 14.2 Å². The third-order valence-electron chi connectivity index (χ3n) is 5.52. The number of cyclic esters (lactones) is 1. The second kappa shape index (κ2) is 7.72. The highest BCUT2D eigenvalue weighted by atomic mass is 16.6. The first-order valence-electron chi connectivity index (χ1n) is 9.28. The van der Waals surface area contributed by atoms with Crippen LogP contribution in [0.5, 0.6) is 11.5 Å². The molecule has 1 amide bonds. The van der Waals surface area contributed by atoms with Gasteiger partial charge in [0.1, 0.15) is 0 Å². The van der Waals surface area contributed by atoms with Crippen LogP contribution in [0.3, 0.4) is 0 Å². The second-order valence-corrected chi connectivity index (χ2v) is 7.37. The predicted octanol–water partition coefficient (Wildman–Crippen LogP) is 3.41. The van der Waals surface area contributed by atoms with Gasteiger partial charge in [-0.2, -0.15) is 0 Å². The van der Waals surface area contributed by atoms with Crippen LogP contribution in [0.1, 0.15) is 25.0 Å². The molecule has 1 aliphatic rings. The molecule has 0 aliphatic carbocycles. The molecule has 0 aromatic heterocycles. The normalized spacial score (nSPS) is 24.2. The largest absolute Gasteiger partial charge is 0.493 e. The van der Waals surface area contributed by atoms with Crippen molar-refractivity contribution in [1.82, 2.24) is 4.90 Å². The summed E-state index contributed by atoms with van der Waals surface area (Å²) in [6, 6.07) is 15.3. The minimum Gasteiger partial charge on any atom is -0.493 e. The van der Waals surface area contributed by atoms with E-state index in [0.717, 1.165) is 11.1 Å². The van der Waals surface area contributed by atoms with Gasteiger partial charge >= 0.3 is 6.09 Å². The van der Waals surface area contributed by atoms with Crippen LogP contribution in [0.4, 0.5) is 4.79 Å². The Bertz CT molecular complexity index is 836. The van der Waals surface area contributed by atoms with E-state index >= 15 is 0 Å². The molecule has 6 heteroatoms. The maximum absolute atomic E-state index is 12.5. The fourth-order valence-corrected chi connectivity index (χ4v) is 3.58.